The fourth-order valence-electron chi connectivity index (χ4n) is 3.02. The number of benzene rings is 1. The van der Waals surface area contributed by atoms with Gasteiger partial charge in [0.25, 0.3) is 0 Å². The maximum Gasteiger partial charge on any atom is 0.122 e. The van der Waals surface area contributed by atoms with Crippen molar-refractivity contribution in [3.63, 3.8) is 0 Å². The van der Waals surface area contributed by atoms with E-state index in [9.17, 15) is 0 Å². The molecule has 4 nitrogen and oxygen atoms in total. The number of hydrogen-bond acceptors (Lipinski definition) is 4. The minimum atomic E-state index is 0.635. The molecule has 1 N–H and O–H groups in total. The Balaban J connectivity index is 2.11. The predicted molar refractivity (Wildman–Crippen MR) is 86.1 cm³/mol. The molecule has 1 saturated heterocycles. The van der Waals surface area contributed by atoms with Gasteiger partial charge in [-0.2, -0.15) is 0 Å². The molecule has 0 saturated carbocycles. The molecule has 2 rings (SSSR count). The highest BCUT2D eigenvalue weighted by molar-refractivity contribution is 5.38. The molecule has 1 atom stereocenters. The van der Waals surface area contributed by atoms with Crippen molar-refractivity contribution >= 4 is 0 Å². The minimum Gasteiger partial charge on any atom is -0.497 e. The van der Waals surface area contributed by atoms with Gasteiger partial charge in [-0.25, -0.2) is 0 Å². The van der Waals surface area contributed by atoms with Gasteiger partial charge in [-0.3, -0.25) is 4.90 Å². The van der Waals surface area contributed by atoms with E-state index in [-0.39, 0.29) is 0 Å². The lowest BCUT2D eigenvalue weighted by molar-refractivity contribution is 0.157. The molecule has 1 fully saturated rings. The van der Waals surface area contributed by atoms with E-state index in [1.54, 1.807) is 14.2 Å². The molecular weight excluding hydrogens is 264 g/mol. The van der Waals surface area contributed by atoms with E-state index in [0.717, 1.165) is 37.7 Å². The Morgan fingerprint density at radius 2 is 1.90 bits per heavy atom. The Kier molecular flexibility index (Phi) is 6.33. The Hall–Kier alpha value is -1.26. The normalized spacial score (nSPS) is 18.8. The molecule has 21 heavy (non-hydrogen) atoms. The van der Waals surface area contributed by atoms with Crippen LogP contribution in [-0.2, 0) is 6.54 Å². The highest BCUT2D eigenvalue weighted by Gasteiger charge is 2.20. The van der Waals surface area contributed by atoms with E-state index >= 15 is 0 Å². The van der Waals surface area contributed by atoms with Gasteiger partial charge in [-0.05, 0) is 50.0 Å². The summed E-state index contributed by atoms with van der Waals surface area (Å²) in [5.74, 6) is 1.73. The van der Waals surface area contributed by atoms with E-state index in [4.69, 9.17) is 9.47 Å². The van der Waals surface area contributed by atoms with Crippen molar-refractivity contribution in [1.82, 2.24) is 10.2 Å². The van der Waals surface area contributed by atoms with Gasteiger partial charge >= 0.3 is 0 Å². The van der Waals surface area contributed by atoms with Crippen molar-refractivity contribution in [3.05, 3.63) is 23.8 Å². The van der Waals surface area contributed by atoms with Crippen LogP contribution in [0.2, 0.25) is 0 Å². The van der Waals surface area contributed by atoms with E-state index in [0.29, 0.717) is 6.04 Å². The second-order valence-corrected chi connectivity index (χ2v) is 5.69. The van der Waals surface area contributed by atoms with Crippen LogP contribution in [0.1, 0.15) is 31.7 Å². The monoisotopic (exact) mass is 292 g/mol. The smallest absolute Gasteiger partial charge is 0.122 e. The first-order chi connectivity index (χ1) is 10.3. The van der Waals surface area contributed by atoms with Crippen molar-refractivity contribution in [1.29, 1.82) is 0 Å². The first kappa shape index (κ1) is 16.1. The van der Waals surface area contributed by atoms with Crippen LogP contribution < -0.4 is 14.8 Å². The summed E-state index contributed by atoms with van der Waals surface area (Å²) in [6, 6.07) is 6.79. The molecule has 4 heteroatoms. The molecule has 0 radical (unpaired) electrons. The maximum atomic E-state index is 5.37. The summed E-state index contributed by atoms with van der Waals surface area (Å²) in [5.41, 5.74) is 1.25. The highest BCUT2D eigenvalue weighted by Crippen LogP contribution is 2.24. The Bertz CT molecular complexity index is 409. The summed E-state index contributed by atoms with van der Waals surface area (Å²) in [4.78, 5) is 2.58. The Labute approximate surface area is 128 Å². The number of hydrogen-bond donors (Lipinski definition) is 1. The lowest BCUT2D eigenvalue weighted by atomic mass is 10.0. The van der Waals surface area contributed by atoms with Crippen molar-refractivity contribution in [2.75, 3.05) is 33.9 Å². The first-order valence-corrected chi connectivity index (χ1v) is 7.93. The third-order valence-corrected chi connectivity index (χ3v) is 4.09. The van der Waals surface area contributed by atoms with Crippen LogP contribution in [0.5, 0.6) is 11.5 Å². The van der Waals surface area contributed by atoms with Crippen LogP contribution in [0.15, 0.2) is 18.2 Å². The number of nitrogens with one attached hydrogen (secondary N) is 1. The zero-order valence-electron chi connectivity index (χ0n) is 13.5. The van der Waals surface area contributed by atoms with Crippen LogP contribution in [0, 0.1) is 0 Å². The third kappa shape index (κ3) is 4.61. The molecule has 1 aromatic rings. The van der Waals surface area contributed by atoms with E-state index < -0.39 is 0 Å². The van der Waals surface area contributed by atoms with Gasteiger partial charge in [0.1, 0.15) is 11.5 Å². The Morgan fingerprint density at radius 3 is 2.43 bits per heavy atom. The largest absolute Gasteiger partial charge is 0.497 e. The van der Waals surface area contributed by atoms with Crippen molar-refractivity contribution in [2.24, 2.45) is 0 Å². The standard InChI is InChI=1S/C17H28N2O2/c1-4-8-19(15-6-5-7-18-12-15)13-14-9-16(20-2)11-17(10-14)21-3/h9-11,15,18H,4-8,12-13H2,1-3H3. The van der Waals surface area contributed by atoms with Crippen LogP contribution in [0.25, 0.3) is 0 Å². The van der Waals surface area contributed by atoms with Gasteiger partial charge in [-0.15, -0.1) is 0 Å². The molecule has 1 aliphatic rings. The Morgan fingerprint density at radius 1 is 1.19 bits per heavy atom. The molecule has 1 aliphatic heterocycles. The van der Waals surface area contributed by atoms with Crippen molar-refractivity contribution in [3.8, 4) is 11.5 Å². The third-order valence-electron chi connectivity index (χ3n) is 4.09. The molecule has 1 unspecified atom stereocenters. The van der Waals surface area contributed by atoms with Gasteiger partial charge in [0.2, 0.25) is 0 Å². The average molecular weight is 292 g/mol. The van der Waals surface area contributed by atoms with Crippen molar-refractivity contribution in [2.45, 2.75) is 38.8 Å². The first-order valence-electron chi connectivity index (χ1n) is 7.93. The van der Waals surface area contributed by atoms with Gasteiger partial charge in [0.05, 0.1) is 14.2 Å². The van der Waals surface area contributed by atoms with E-state index in [1.807, 2.05) is 6.07 Å². The molecule has 0 aliphatic carbocycles. The van der Waals surface area contributed by atoms with Crippen molar-refractivity contribution < 1.29 is 9.47 Å². The van der Waals surface area contributed by atoms with Crippen LogP contribution in [0.3, 0.4) is 0 Å². The zero-order chi connectivity index (χ0) is 15.1. The second kappa shape index (κ2) is 8.25. The summed E-state index contributed by atoms with van der Waals surface area (Å²) in [5, 5.41) is 3.51. The summed E-state index contributed by atoms with van der Waals surface area (Å²) in [6.07, 6.45) is 3.73. The lowest BCUT2D eigenvalue weighted by Crippen LogP contribution is -2.45. The van der Waals surface area contributed by atoms with Crippen LogP contribution >= 0.6 is 0 Å². The number of rotatable bonds is 7. The summed E-state index contributed by atoms with van der Waals surface area (Å²) >= 11 is 0. The quantitative estimate of drug-likeness (QED) is 0.838. The molecular formula is C17H28N2O2. The minimum absolute atomic E-state index is 0.635. The summed E-state index contributed by atoms with van der Waals surface area (Å²) < 4.78 is 10.7. The fourth-order valence-corrected chi connectivity index (χ4v) is 3.02. The van der Waals surface area contributed by atoms with E-state index in [1.165, 1.54) is 24.8 Å². The zero-order valence-corrected chi connectivity index (χ0v) is 13.5. The molecule has 1 heterocycles. The lowest BCUT2D eigenvalue weighted by Gasteiger charge is -2.34. The fraction of sp³-hybridized carbons (Fsp3) is 0.647. The molecule has 118 valence electrons. The summed E-state index contributed by atoms with van der Waals surface area (Å²) in [6.45, 7) is 6.58. The number of nitrogens with zero attached hydrogens (tertiary/aromatic N) is 1. The van der Waals surface area contributed by atoms with Gasteiger partial charge in [-0.1, -0.05) is 6.92 Å². The molecule has 0 bridgehead atoms. The number of ether oxygens (including phenoxy) is 2. The predicted octanol–water partition coefficient (Wildman–Crippen LogP) is 2.67. The van der Waals surface area contributed by atoms with E-state index in [2.05, 4.69) is 29.3 Å². The number of piperidine rings is 1. The molecule has 0 aromatic heterocycles. The van der Waals surface area contributed by atoms with Crippen LogP contribution in [-0.4, -0.2) is 44.8 Å². The molecule has 0 spiro atoms. The van der Waals surface area contributed by atoms with Gasteiger partial charge in [0, 0.05) is 25.2 Å². The SMILES string of the molecule is CCCN(Cc1cc(OC)cc(OC)c1)C1CCCNC1. The second-order valence-electron chi connectivity index (χ2n) is 5.69. The van der Waals surface area contributed by atoms with Gasteiger partial charge in [0.15, 0.2) is 0 Å². The number of methoxy groups -OCH3 is 2. The van der Waals surface area contributed by atoms with Gasteiger partial charge < -0.3 is 14.8 Å². The summed E-state index contributed by atoms with van der Waals surface area (Å²) in [7, 11) is 3.40. The maximum absolute atomic E-state index is 5.37. The topological polar surface area (TPSA) is 33.7 Å². The average Bonchev–Trinajstić information content (AvgIpc) is 2.55. The van der Waals surface area contributed by atoms with Crippen LogP contribution in [0.4, 0.5) is 0 Å². The highest BCUT2D eigenvalue weighted by atomic mass is 16.5. The molecule has 1 aromatic carbocycles. The molecule has 0 amide bonds.